The Bertz CT molecular complexity index is 461. The average Bonchev–Trinajstić information content (AvgIpc) is 2.14. The monoisotopic (exact) mass is 256 g/mol. The third kappa shape index (κ3) is 2.20. The van der Waals surface area contributed by atoms with Crippen LogP contribution in [0.15, 0.2) is 23.5 Å². The number of hydrogen-bond acceptors (Lipinski definition) is 5. The Hall–Kier alpha value is -1.92. The lowest BCUT2D eigenvalue weighted by atomic mass is 9.76. The summed E-state index contributed by atoms with van der Waals surface area (Å²) in [6.07, 6.45) is 2.14. The van der Waals surface area contributed by atoms with Crippen molar-refractivity contribution in [3.05, 3.63) is 43.7 Å². The van der Waals surface area contributed by atoms with Crippen LogP contribution in [0.1, 0.15) is 27.7 Å². The predicted molar refractivity (Wildman–Crippen MR) is 64.4 cm³/mol. The molecule has 0 heterocycles. The molecule has 0 amide bonds. The van der Waals surface area contributed by atoms with Gasteiger partial charge in [0.25, 0.3) is 0 Å². The molecule has 7 heteroatoms. The summed E-state index contributed by atoms with van der Waals surface area (Å²) < 4.78 is 0. The Labute approximate surface area is 104 Å². The minimum atomic E-state index is -1.93. The van der Waals surface area contributed by atoms with Crippen molar-refractivity contribution in [2.75, 3.05) is 0 Å². The molecule has 2 atom stereocenters. The van der Waals surface area contributed by atoms with Crippen LogP contribution in [0, 0.1) is 25.6 Å². The fraction of sp³-hybridized carbons (Fsp3) is 0.636. The number of aliphatic hydroxyl groups excluding tert-OH is 1. The maximum atomic E-state index is 11.0. The van der Waals surface area contributed by atoms with Gasteiger partial charge in [0.05, 0.1) is 0 Å². The second-order valence-corrected chi connectivity index (χ2v) is 5.57. The highest BCUT2D eigenvalue weighted by Gasteiger charge is 2.55. The summed E-state index contributed by atoms with van der Waals surface area (Å²) in [6, 6.07) is -1.49. The standard InChI is InChI=1S/C11H16N2O5/c1-10(2,3)7-5-9(12(15)16)11(4,13(17)18)6-8(7)14/h5-6,9,14H,1-4H3. The summed E-state index contributed by atoms with van der Waals surface area (Å²) in [6.45, 7) is 6.45. The van der Waals surface area contributed by atoms with E-state index in [9.17, 15) is 25.3 Å². The van der Waals surface area contributed by atoms with Gasteiger partial charge in [0, 0.05) is 34.5 Å². The molecule has 0 aromatic carbocycles. The summed E-state index contributed by atoms with van der Waals surface area (Å²) in [5.41, 5.74) is -2.10. The van der Waals surface area contributed by atoms with Gasteiger partial charge in [-0.1, -0.05) is 20.8 Å². The Balaban J connectivity index is 3.40. The topological polar surface area (TPSA) is 107 Å². The molecule has 0 saturated carbocycles. The van der Waals surface area contributed by atoms with E-state index in [2.05, 4.69) is 0 Å². The molecule has 1 aliphatic carbocycles. The van der Waals surface area contributed by atoms with Crippen molar-refractivity contribution < 1.29 is 15.0 Å². The molecule has 0 spiro atoms. The van der Waals surface area contributed by atoms with Crippen LogP contribution in [-0.2, 0) is 0 Å². The molecule has 0 aromatic rings. The van der Waals surface area contributed by atoms with Crippen molar-refractivity contribution >= 4 is 0 Å². The van der Waals surface area contributed by atoms with E-state index in [1.807, 2.05) is 0 Å². The zero-order chi connectivity index (χ0) is 14.3. The lowest BCUT2D eigenvalue weighted by molar-refractivity contribution is -0.630. The SMILES string of the molecule is CC(C)(C)C1=CC([N+](=O)[O-])C(C)([N+](=O)[O-])C=C1O. The number of hydrogen-bond donors (Lipinski definition) is 1. The first-order valence-electron chi connectivity index (χ1n) is 5.42. The number of rotatable bonds is 2. The molecular formula is C11H16N2O5. The smallest absolute Gasteiger partial charge is 0.310 e. The summed E-state index contributed by atoms with van der Waals surface area (Å²) in [5.74, 6) is -0.264. The molecule has 2 unspecified atom stereocenters. The summed E-state index contributed by atoms with van der Waals surface area (Å²) in [4.78, 5) is 20.6. The Morgan fingerprint density at radius 3 is 2.17 bits per heavy atom. The summed E-state index contributed by atoms with van der Waals surface area (Å²) in [7, 11) is 0. The maximum absolute atomic E-state index is 11.0. The third-order valence-electron chi connectivity index (χ3n) is 3.06. The van der Waals surface area contributed by atoms with Crippen LogP contribution in [0.3, 0.4) is 0 Å². The maximum Gasteiger partial charge on any atom is 0.310 e. The summed E-state index contributed by atoms with van der Waals surface area (Å²) >= 11 is 0. The number of nitro groups is 2. The predicted octanol–water partition coefficient (Wildman–Crippen LogP) is 2.10. The van der Waals surface area contributed by atoms with Crippen LogP contribution in [0.2, 0.25) is 0 Å². The van der Waals surface area contributed by atoms with Crippen LogP contribution in [0.5, 0.6) is 0 Å². The van der Waals surface area contributed by atoms with Crippen molar-refractivity contribution in [1.82, 2.24) is 0 Å². The second kappa shape index (κ2) is 4.08. The molecule has 0 bridgehead atoms. The highest BCUT2D eigenvalue weighted by Crippen LogP contribution is 2.37. The van der Waals surface area contributed by atoms with Gasteiger partial charge < -0.3 is 5.11 Å². The van der Waals surface area contributed by atoms with Gasteiger partial charge >= 0.3 is 11.6 Å². The largest absolute Gasteiger partial charge is 0.508 e. The first-order chi connectivity index (χ1) is 8.00. The second-order valence-electron chi connectivity index (χ2n) is 5.57. The number of aliphatic hydroxyl groups is 1. The van der Waals surface area contributed by atoms with Crippen LogP contribution in [0.25, 0.3) is 0 Å². The van der Waals surface area contributed by atoms with E-state index in [4.69, 9.17) is 0 Å². The molecular weight excluding hydrogens is 240 g/mol. The van der Waals surface area contributed by atoms with Crippen LogP contribution in [0.4, 0.5) is 0 Å². The first kappa shape index (κ1) is 14.1. The van der Waals surface area contributed by atoms with E-state index < -0.39 is 26.8 Å². The normalized spacial score (nSPS) is 28.3. The number of nitrogens with zero attached hydrogens (tertiary/aromatic N) is 2. The lowest BCUT2D eigenvalue weighted by Gasteiger charge is -2.29. The van der Waals surface area contributed by atoms with E-state index >= 15 is 0 Å². The van der Waals surface area contributed by atoms with Gasteiger partial charge in [0.1, 0.15) is 5.76 Å². The molecule has 0 saturated heterocycles. The van der Waals surface area contributed by atoms with Crippen molar-refractivity contribution in [3.8, 4) is 0 Å². The molecule has 100 valence electrons. The average molecular weight is 256 g/mol. The fourth-order valence-corrected chi connectivity index (χ4v) is 1.92. The first-order valence-corrected chi connectivity index (χ1v) is 5.42. The molecule has 7 nitrogen and oxygen atoms in total. The van der Waals surface area contributed by atoms with E-state index in [0.29, 0.717) is 5.57 Å². The molecule has 0 radical (unpaired) electrons. The molecule has 0 aromatic heterocycles. The van der Waals surface area contributed by atoms with Crippen LogP contribution < -0.4 is 0 Å². The Morgan fingerprint density at radius 2 is 1.83 bits per heavy atom. The van der Waals surface area contributed by atoms with Gasteiger partial charge in [0.15, 0.2) is 0 Å². The molecule has 18 heavy (non-hydrogen) atoms. The highest BCUT2D eigenvalue weighted by atomic mass is 16.6. The van der Waals surface area contributed by atoms with E-state index in [1.54, 1.807) is 20.8 Å². The summed E-state index contributed by atoms with van der Waals surface area (Å²) in [5, 5.41) is 31.9. The lowest BCUT2D eigenvalue weighted by Crippen LogP contribution is -2.50. The van der Waals surface area contributed by atoms with Gasteiger partial charge in [-0.3, -0.25) is 20.2 Å². The minimum absolute atomic E-state index is 0.264. The van der Waals surface area contributed by atoms with Crippen molar-refractivity contribution in [3.63, 3.8) is 0 Å². The highest BCUT2D eigenvalue weighted by molar-refractivity contribution is 5.38. The van der Waals surface area contributed by atoms with Gasteiger partial charge in [0.2, 0.25) is 0 Å². The zero-order valence-corrected chi connectivity index (χ0v) is 10.7. The molecule has 1 rings (SSSR count). The van der Waals surface area contributed by atoms with Crippen molar-refractivity contribution in [2.45, 2.75) is 39.3 Å². The third-order valence-corrected chi connectivity index (χ3v) is 3.06. The van der Waals surface area contributed by atoms with Gasteiger partial charge in [-0.25, -0.2) is 0 Å². The molecule has 1 aliphatic rings. The quantitative estimate of drug-likeness (QED) is 0.601. The van der Waals surface area contributed by atoms with Gasteiger partial charge in [-0.15, -0.1) is 0 Å². The van der Waals surface area contributed by atoms with Crippen molar-refractivity contribution in [2.24, 2.45) is 5.41 Å². The van der Waals surface area contributed by atoms with Crippen LogP contribution >= 0.6 is 0 Å². The van der Waals surface area contributed by atoms with Gasteiger partial charge in [-0.2, -0.15) is 0 Å². The fourth-order valence-electron chi connectivity index (χ4n) is 1.92. The van der Waals surface area contributed by atoms with E-state index in [1.165, 1.54) is 6.08 Å². The minimum Gasteiger partial charge on any atom is -0.508 e. The van der Waals surface area contributed by atoms with Crippen molar-refractivity contribution in [1.29, 1.82) is 0 Å². The molecule has 0 aliphatic heterocycles. The molecule has 1 N–H and O–H groups in total. The molecule has 0 fully saturated rings. The number of allylic oxidation sites excluding steroid dienone is 1. The Kier molecular flexibility index (Phi) is 3.20. The van der Waals surface area contributed by atoms with E-state index in [0.717, 1.165) is 13.0 Å². The Morgan fingerprint density at radius 1 is 1.33 bits per heavy atom. The van der Waals surface area contributed by atoms with Crippen LogP contribution in [-0.4, -0.2) is 26.5 Å². The van der Waals surface area contributed by atoms with E-state index in [-0.39, 0.29) is 5.76 Å². The van der Waals surface area contributed by atoms with Gasteiger partial charge in [-0.05, 0) is 5.41 Å². The zero-order valence-electron chi connectivity index (χ0n) is 10.7.